The van der Waals surface area contributed by atoms with E-state index < -0.39 is 6.04 Å². The lowest BCUT2D eigenvalue weighted by Crippen LogP contribution is -2.50. The highest BCUT2D eigenvalue weighted by Crippen LogP contribution is 2.22. The summed E-state index contributed by atoms with van der Waals surface area (Å²) in [6.45, 7) is 3.24. The van der Waals surface area contributed by atoms with Crippen molar-refractivity contribution in [2.75, 3.05) is 20.6 Å². The molecule has 1 aromatic rings. The minimum absolute atomic E-state index is 0.0120. The second-order valence-corrected chi connectivity index (χ2v) is 5.85. The fraction of sp³-hybridized carbons (Fsp3) is 0.562. The van der Waals surface area contributed by atoms with Crippen molar-refractivity contribution in [2.24, 2.45) is 5.73 Å². The third-order valence-corrected chi connectivity index (χ3v) is 4.50. The van der Waals surface area contributed by atoms with E-state index >= 15 is 0 Å². The Morgan fingerprint density at radius 1 is 1.40 bits per heavy atom. The van der Waals surface area contributed by atoms with Crippen molar-refractivity contribution in [2.45, 2.75) is 37.9 Å². The van der Waals surface area contributed by atoms with Crippen molar-refractivity contribution in [3.05, 3.63) is 35.9 Å². The summed E-state index contributed by atoms with van der Waals surface area (Å²) in [5.41, 5.74) is 6.99. The molecule has 0 spiro atoms. The van der Waals surface area contributed by atoms with E-state index in [0.717, 1.165) is 24.9 Å². The molecule has 20 heavy (non-hydrogen) atoms. The lowest BCUT2D eigenvalue weighted by Gasteiger charge is -2.40. The molecule has 1 fully saturated rings. The average molecular weight is 275 g/mol. The van der Waals surface area contributed by atoms with Gasteiger partial charge in [-0.1, -0.05) is 30.3 Å². The van der Waals surface area contributed by atoms with Gasteiger partial charge in [0.2, 0.25) is 5.91 Å². The van der Waals surface area contributed by atoms with Crippen molar-refractivity contribution in [1.82, 2.24) is 9.80 Å². The van der Waals surface area contributed by atoms with Gasteiger partial charge in [0.05, 0.1) is 0 Å². The molecule has 110 valence electrons. The fourth-order valence-corrected chi connectivity index (χ4v) is 2.82. The molecule has 4 heteroatoms. The molecule has 1 amide bonds. The smallest absolute Gasteiger partial charge is 0.244 e. The van der Waals surface area contributed by atoms with Crippen LogP contribution in [0.2, 0.25) is 0 Å². The number of nitrogens with zero attached hydrogens (tertiary/aromatic N) is 2. The Hall–Kier alpha value is -1.39. The number of likely N-dealkylation sites (N-methyl/N-ethyl adjacent to an activating group) is 1. The molecule has 1 saturated heterocycles. The maximum atomic E-state index is 12.5. The van der Waals surface area contributed by atoms with Gasteiger partial charge in [-0.15, -0.1) is 0 Å². The highest BCUT2D eigenvalue weighted by atomic mass is 16.2. The Bertz CT molecular complexity index is 448. The minimum atomic E-state index is -0.559. The number of carbonyl (C=O) groups is 1. The van der Waals surface area contributed by atoms with Crippen molar-refractivity contribution >= 4 is 5.91 Å². The molecule has 1 aliphatic rings. The first-order valence-electron chi connectivity index (χ1n) is 7.28. The largest absolute Gasteiger partial charge is 0.341 e. The molecule has 0 aliphatic carbocycles. The molecule has 0 unspecified atom stereocenters. The van der Waals surface area contributed by atoms with Gasteiger partial charge in [0.1, 0.15) is 6.04 Å². The molecule has 0 aromatic heterocycles. The van der Waals surface area contributed by atoms with E-state index in [1.165, 1.54) is 0 Å². The van der Waals surface area contributed by atoms with Crippen LogP contribution < -0.4 is 5.73 Å². The summed E-state index contributed by atoms with van der Waals surface area (Å²) in [6, 6.07) is 9.83. The van der Waals surface area contributed by atoms with Crippen molar-refractivity contribution in [3.8, 4) is 0 Å². The molecule has 0 saturated carbocycles. The maximum Gasteiger partial charge on any atom is 0.244 e. The first kappa shape index (κ1) is 15.0. The van der Waals surface area contributed by atoms with Gasteiger partial charge in [-0.05, 0) is 32.4 Å². The summed E-state index contributed by atoms with van der Waals surface area (Å²) in [5, 5.41) is 0. The zero-order chi connectivity index (χ0) is 14.7. The number of amides is 1. The number of benzene rings is 1. The molecule has 1 aliphatic heterocycles. The van der Waals surface area contributed by atoms with Crippen molar-refractivity contribution < 1.29 is 4.79 Å². The molecule has 1 aromatic carbocycles. The van der Waals surface area contributed by atoms with Crippen LogP contribution in [-0.4, -0.2) is 48.4 Å². The summed E-state index contributed by atoms with van der Waals surface area (Å²) in [5.74, 6) is 0.0120. The third kappa shape index (κ3) is 3.19. The van der Waals surface area contributed by atoms with Gasteiger partial charge in [0, 0.05) is 25.7 Å². The van der Waals surface area contributed by atoms with Crippen LogP contribution in [-0.2, 0) is 4.79 Å². The lowest BCUT2D eigenvalue weighted by atomic mass is 9.96. The first-order valence-corrected chi connectivity index (χ1v) is 7.28. The van der Waals surface area contributed by atoms with E-state index in [0.29, 0.717) is 12.1 Å². The summed E-state index contributed by atoms with van der Waals surface area (Å²) < 4.78 is 0. The molecule has 1 heterocycles. The van der Waals surface area contributed by atoms with Gasteiger partial charge in [0.15, 0.2) is 0 Å². The van der Waals surface area contributed by atoms with Crippen molar-refractivity contribution in [3.63, 3.8) is 0 Å². The van der Waals surface area contributed by atoms with Crippen LogP contribution in [0.25, 0.3) is 0 Å². The number of hydrogen-bond donors (Lipinski definition) is 1. The Kier molecular flexibility index (Phi) is 4.78. The Morgan fingerprint density at radius 3 is 2.65 bits per heavy atom. The molecule has 2 rings (SSSR count). The van der Waals surface area contributed by atoms with Crippen LogP contribution in [0.15, 0.2) is 30.3 Å². The average Bonchev–Trinajstić information content (AvgIpc) is 2.48. The normalized spacial score (nSPS) is 25.2. The Balaban J connectivity index is 2.02. The van der Waals surface area contributed by atoms with Gasteiger partial charge < -0.3 is 15.5 Å². The van der Waals surface area contributed by atoms with Crippen LogP contribution in [0.3, 0.4) is 0 Å². The molecule has 2 N–H and O–H groups in total. The topological polar surface area (TPSA) is 49.6 Å². The molecule has 4 nitrogen and oxygen atoms in total. The second-order valence-electron chi connectivity index (χ2n) is 5.85. The summed E-state index contributed by atoms with van der Waals surface area (Å²) in [7, 11) is 4.02. The summed E-state index contributed by atoms with van der Waals surface area (Å²) in [4.78, 5) is 16.7. The van der Waals surface area contributed by atoms with Gasteiger partial charge in [-0.25, -0.2) is 0 Å². The number of rotatable bonds is 3. The molecule has 3 atom stereocenters. The number of nitrogens with two attached hydrogens (primary N) is 1. The van der Waals surface area contributed by atoms with Gasteiger partial charge in [-0.2, -0.15) is 0 Å². The van der Waals surface area contributed by atoms with E-state index in [1.54, 1.807) is 0 Å². The van der Waals surface area contributed by atoms with E-state index in [1.807, 2.05) is 42.3 Å². The zero-order valence-electron chi connectivity index (χ0n) is 12.6. The van der Waals surface area contributed by atoms with Crippen LogP contribution >= 0.6 is 0 Å². The standard InChI is InChI=1S/C16H25N3O/c1-12-11-14(9-10-18(12)2)19(3)16(20)15(17)13-7-5-4-6-8-13/h4-8,12,14-15H,9-11,17H2,1-3H3/t12-,14+,15-/m1/s1. The fourth-order valence-electron chi connectivity index (χ4n) is 2.82. The zero-order valence-corrected chi connectivity index (χ0v) is 12.6. The number of hydrogen-bond acceptors (Lipinski definition) is 3. The van der Waals surface area contributed by atoms with Gasteiger partial charge in [-0.3, -0.25) is 4.79 Å². The lowest BCUT2D eigenvalue weighted by molar-refractivity contribution is -0.134. The van der Waals surface area contributed by atoms with Gasteiger partial charge >= 0.3 is 0 Å². The molecular formula is C16H25N3O. The van der Waals surface area contributed by atoms with Crippen LogP contribution in [0.1, 0.15) is 31.4 Å². The summed E-state index contributed by atoms with van der Waals surface area (Å²) >= 11 is 0. The second kappa shape index (κ2) is 6.37. The van der Waals surface area contributed by atoms with Crippen LogP contribution in [0.5, 0.6) is 0 Å². The van der Waals surface area contributed by atoms with Crippen LogP contribution in [0.4, 0.5) is 0 Å². The Morgan fingerprint density at radius 2 is 2.05 bits per heavy atom. The van der Waals surface area contributed by atoms with Crippen LogP contribution in [0, 0.1) is 0 Å². The number of piperidine rings is 1. The first-order chi connectivity index (χ1) is 9.50. The predicted octanol–water partition coefficient (Wildman–Crippen LogP) is 1.63. The van der Waals surface area contributed by atoms with Gasteiger partial charge in [0.25, 0.3) is 0 Å². The third-order valence-electron chi connectivity index (χ3n) is 4.50. The Labute approximate surface area is 121 Å². The van der Waals surface area contributed by atoms with Crippen molar-refractivity contribution in [1.29, 1.82) is 0 Å². The quantitative estimate of drug-likeness (QED) is 0.912. The number of carbonyl (C=O) groups excluding carboxylic acids is 1. The van der Waals surface area contributed by atoms with E-state index in [2.05, 4.69) is 18.9 Å². The van der Waals surface area contributed by atoms with E-state index in [9.17, 15) is 4.79 Å². The molecule has 0 radical (unpaired) electrons. The predicted molar refractivity (Wildman–Crippen MR) is 81.3 cm³/mol. The number of likely N-dealkylation sites (tertiary alicyclic amines) is 1. The monoisotopic (exact) mass is 275 g/mol. The van der Waals surface area contributed by atoms with E-state index in [4.69, 9.17) is 5.73 Å². The molecule has 0 bridgehead atoms. The SMILES string of the molecule is C[C@@H]1C[C@@H](N(C)C(=O)[C@H](N)c2ccccc2)CCN1C. The maximum absolute atomic E-state index is 12.5. The minimum Gasteiger partial charge on any atom is -0.341 e. The highest BCUT2D eigenvalue weighted by Gasteiger charge is 2.30. The summed E-state index contributed by atoms with van der Waals surface area (Å²) in [6.07, 6.45) is 2.03. The van der Waals surface area contributed by atoms with E-state index in [-0.39, 0.29) is 5.91 Å². The molecular weight excluding hydrogens is 250 g/mol. The highest BCUT2D eigenvalue weighted by molar-refractivity contribution is 5.83.